The Morgan fingerprint density at radius 3 is 2.48 bits per heavy atom. The molecular formula is C24H32O5. The number of benzene rings is 1. The number of hydrogen-bond donors (Lipinski definition) is 0. The van der Waals surface area contributed by atoms with Crippen LogP contribution in [0.4, 0.5) is 0 Å². The Kier molecular flexibility index (Phi) is 6.47. The van der Waals surface area contributed by atoms with Crippen molar-refractivity contribution in [3.63, 3.8) is 0 Å². The van der Waals surface area contributed by atoms with E-state index in [1.807, 2.05) is 18.2 Å². The summed E-state index contributed by atoms with van der Waals surface area (Å²) in [5.74, 6) is -0.725. The second-order valence-electron chi connectivity index (χ2n) is 8.85. The van der Waals surface area contributed by atoms with Crippen LogP contribution in [-0.2, 0) is 19.0 Å². The van der Waals surface area contributed by atoms with E-state index in [0.717, 1.165) is 12.8 Å². The molecular weight excluding hydrogens is 368 g/mol. The van der Waals surface area contributed by atoms with E-state index >= 15 is 0 Å². The van der Waals surface area contributed by atoms with Crippen molar-refractivity contribution >= 4 is 11.9 Å². The van der Waals surface area contributed by atoms with Crippen LogP contribution in [0.5, 0.6) is 0 Å². The van der Waals surface area contributed by atoms with Crippen molar-refractivity contribution in [1.82, 2.24) is 0 Å². The molecule has 5 atom stereocenters. The number of allylic oxidation sites excluding steroid dienone is 1. The lowest BCUT2D eigenvalue weighted by Gasteiger charge is -2.36. The van der Waals surface area contributed by atoms with E-state index in [9.17, 15) is 9.59 Å². The number of carbonyl (C=O) groups is 2. The van der Waals surface area contributed by atoms with Gasteiger partial charge in [0.15, 0.2) is 0 Å². The summed E-state index contributed by atoms with van der Waals surface area (Å²) >= 11 is 0. The Hall–Kier alpha value is -2.14. The SMILES string of the molecule is CC(=O)OC1[C@H](C(C)C)[C@@H](OC(=O)c2ccccc2)C/C(C)=C/CC[C@]2(C)O[C@@H]12. The highest BCUT2D eigenvalue weighted by Crippen LogP contribution is 2.48. The fourth-order valence-corrected chi connectivity index (χ4v) is 4.47. The molecule has 0 radical (unpaired) electrons. The average molecular weight is 401 g/mol. The molecule has 3 rings (SSSR count). The minimum atomic E-state index is -0.447. The molecule has 0 bridgehead atoms. The number of esters is 2. The van der Waals surface area contributed by atoms with Gasteiger partial charge in [0.1, 0.15) is 18.3 Å². The summed E-state index contributed by atoms with van der Waals surface area (Å²) < 4.78 is 17.9. The van der Waals surface area contributed by atoms with Gasteiger partial charge in [-0.1, -0.05) is 43.7 Å². The van der Waals surface area contributed by atoms with Crippen LogP contribution in [0.3, 0.4) is 0 Å². The highest BCUT2D eigenvalue weighted by molar-refractivity contribution is 5.89. The van der Waals surface area contributed by atoms with Crippen molar-refractivity contribution in [2.75, 3.05) is 0 Å². The van der Waals surface area contributed by atoms with E-state index in [0.29, 0.717) is 12.0 Å². The van der Waals surface area contributed by atoms with Gasteiger partial charge in [0.05, 0.1) is 11.2 Å². The Morgan fingerprint density at radius 2 is 1.86 bits per heavy atom. The van der Waals surface area contributed by atoms with E-state index in [1.165, 1.54) is 12.5 Å². The maximum absolute atomic E-state index is 12.8. The van der Waals surface area contributed by atoms with Crippen LogP contribution in [0.15, 0.2) is 42.0 Å². The molecule has 1 unspecified atom stereocenters. The Balaban J connectivity index is 1.95. The molecule has 0 saturated carbocycles. The number of hydrogen-bond acceptors (Lipinski definition) is 5. The predicted molar refractivity (Wildman–Crippen MR) is 110 cm³/mol. The first kappa shape index (κ1) is 21.6. The van der Waals surface area contributed by atoms with E-state index in [-0.39, 0.29) is 35.5 Å². The van der Waals surface area contributed by atoms with Crippen LogP contribution in [0, 0.1) is 11.8 Å². The molecule has 0 amide bonds. The molecule has 0 aromatic heterocycles. The maximum Gasteiger partial charge on any atom is 0.338 e. The zero-order valence-corrected chi connectivity index (χ0v) is 18.0. The fraction of sp³-hybridized carbons (Fsp3) is 0.583. The lowest BCUT2D eigenvalue weighted by atomic mass is 9.78. The zero-order chi connectivity index (χ0) is 21.2. The van der Waals surface area contributed by atoms with Gasteiger partial charge in [0.25, 0.3) is 0 Å². The zero-order valence-electron chi connectivity index (χ0n) is 18.0. The summed E-state index contributed by atoms with van der Waals surface area (Å²) in [5, 5.41) is 0. The Bertz CT molecular complexity index is 769. The molecule has 1 saturated heterocycles. The van der Waals surface area contributed by atoms with Crippen molar-refractivity contribution < 1.29 is 23.8 Å². The molecule has 1 aromatic rings. The summed E-state index contributed by atoms with van der Waals surface area (Å²) in [6.07, 6.45) is 3.55. The molecule has 0 N–H and O–H groups in total. The minimum absolute atomic E-state index is 0.133. The van der Waals surface area contributed by atoms with Gasteiger partial charge >= 0.3 is 11.9 Å². The fourth-order valence-electron chi connectivity index (χ4n) is 4.47. The molecule has 158 valence electrons. The van der Waals surface area contributed by atoms with Crippen molar-refractivity contribution in [1.29, 1.82) is 0 Å². The van der Waals surface area contributed by atoms with Gasteiger partial charge < -0.3 is 14.2 Å². The van der Waals surface area contributed by atoms with Crippen molar-refractivity contribution in [2.45, 2.75) is 77.8 Å². The molecule has 0 spiro atoms. The highest BCUT2D eigenvalue weighted by atomic mass is 16.6. The molecule has 1 aliphatic heterocycles. The quantitative estimate of drug-likeness (QED) is 0.416. The van der Waals surface area contributed by atoms with Crippen molar-refractivity contribution in [2.24, 2.45) is 11.8 Å². The monoisotopic (exact) mass is 400 g/mol. The first-order chi connectivity index (χ1) is 13.7. The van der Waals surface area contributed by atoms with Gasteiger partial charge in [-0.15, -0.1) is 0 Å². The number of fused-ring (bicyclic) bond motifs is 1. The lowest BCUT2D eigenvalue weighted by Crippen LogP contribution is -2.45. The van der Waals surface area contributed by atoms with Gasteiger partial charge in [0, 0.05) is 19.3 Å². The third kappa shape index (κ3) is 5.08. The molecule has 29 heavy (non-hydrogen) atoms. The normalized spacial score (nSPS) is 33.8. The second kappa shape index (κ2) is 8.70. The lowest BCUT2D eigenvalue weighted by molar-refractivity contribution is -0.155. The van der Waals surface area contributed by atoms with Gasteiger partial charge in [-0.25, -0.2) is 4.79 Å². The van der Waals surface area contributed by atoms with Crippen LogP contribution in [0.25, 0.3) is 0 Å². The Morgan fingerprint density at radius 1 is 1.17 bits per heavy atom. The Labute approximate surface area is 173 Å². The minimum Gasteiger partial charge on any atom is -0.459 e. The van der Waals surface area contributed by atoms with Gasteiger partial charge in [-0.05, 0) is 44.7 Å². The van der Waals surface area contributed by atoms with E-state index in [4.69, 9.17) is 14.2 Å². The standard InChI is InChI=1S/C24H32O5/c1-15(2)20-19(28-23(26)18-11-7-6-8-12-18)14-16(3)10-9-13-24(5)22(29-24)21(20)27-17(4)25/h6-8,10-12,15,19-22H,9,13-14H2,1-5H3/b16-10+/t19-,20+,21?,22-,24-/m0/s1. The molecule has 1 aromatic carbocycles. The highest BCUT2D eigenvalue weighted by Gasteiger charge is 2.60. The third-order valence-corrected chi connectivity index (χ3v) is 6.04. The van der Waals surface area contributed by atoms with Gasteiger partial charge in [-0.2, -0.15) is 0 Å². The van der Waals surface area contributed by atoms with Crippen LogP contribution in [0.2, 0.25) is 0 Å². The molecule has 2 aliphatic rings. The topological polar surface area (TPSA) is 65.1 Å². The summed E-state index contributed by atoms with van der Waals surface area (Å²) in [7, 11) is 0. The first-order valence-corrected chi connectivity index (χ1v) is 10.5. The maximum atomic E-state index is 12.8. The molecule has 1 aliphatic carbocycles. The van der Waals surface area contributed by atoms with Crippen LogP contribution in [0.1, 0.15) is 64.2 Å². The average Bonchev–Trinajstić information content (AvgIpc) is 3.32. The number of rotatable bonds is 4. The number of carbonyl (C=O) groups excluding carboxylic acids is 2. The van der Waals surface area contributed by atoms with Crippen LogP contribution >= 0.6 is 0 Å². The van der Waals surface area contributed by atoms with Crippen LogP contribution in [-0.4, -0.2) is 35.9 Å². The summed E-state index contributed by atoms with van der Waals surface area (Å²) in [6.45, 7) is 9.72. The summed E-state index contributed by atoms with van der Waals surface area (Å²) in [4.78, 5) is 24.8. The van der Waals surface area contributed by atoms with Gasteiger partial charge in [-0.3, -0.25) is 4.79 Å². The number of epoxide rings is 1. The van der Waals surface area contributed by atoms with Crippen molar-refractivity contribution in [3.8, 4) is 0 Å². The predicted octanol–water partition coefficient (Wildman–Crippen LogP) is 4.70. The first-order valence-electron chi connectivity index (χ1n) is 10.5. The summed E-state index contributed by atoms with van der Waals surface area (Å²) in [5.41, 5.74) is 1.38. The molecule has 1 heterocycles. The number of ether oxygens (including phenoxy) is 3. The van der Waals surface area contributed by atoms with Gasteiger partial charge in [0.2, 0.25) is 0 Å². The van der Waals surface area contributed by atoms with E-state index < -0.39 is 12.2 Å². The third-order valence-electron chi connectivity index (χ3n) is 6.04. The molecule has 1 fully saturated rings. The molecule has 5 nitrogen and oxygen atoms in total. The van der Waals surface area contributed by atoms with E-state index in [2.05, 4.69) is 33.8 Å². The second-order valence-corrected chi connectivity index (χ2v) is 8.85. The van der Waals surface area contributed by atoms with E-state index in [1.54, 1.807) is 12.1 Å². The van der Waals surface area contributed by atoms with Crippen molar-refractivity contribution in [3.05, 3.63) is 47.5 Å². The van der Waals surface area contributed by atoms with Crippen LogP contribution < -0.4 is 0 Å². The smallest absolute Gasteiger partial charge is 0.338 e. The molecule has 5 heteroatoms. The largest absolute Gasteiger partial charge is 0.459 e. The summed E-state index contributed by atoms with van der Waals surface area (Å²) in [6, 6.07) is 9.01.